The van der Waals surface area contributed by atoms with Crippen LogP contribution in [0.4, 0.5) is 5.69 Å². The van der Waals surface area contributed by atoms with Crippen LogP contribution in [0, 0.1) is 13.8 Å². The number of benzene rings is 2. The molecule has 138 valence electrons. The molecule has 0 saturated carbocycles. The number of carboxylic acid groups (broad SMARTS) is 1. The van der Waals surface area contributed by atoms with Crippen LogP contribution in [-0.4, -0.2) is 27.9 Å². The molecule has 1 aliphatic heterocycles. The fraction of sp³-hybridized carbons (Fsp3) is 0.150. The van der Waals surface area contributed by atoms with Crippen LogP contribution >= 0.6 is 24.0 Å². The average Bonchev–Trinajstić information content (AvgIpc) is 2.88. The van der Waals surface area contributed by atoms with Crippen molar-refractivity contribution in [3.63, 3.8) is 0 Å². The Hall–Kier alpha value is -2.64. The van der Waals surface area contributed by atoms with Gasteiger partial charge in [-0.2, -0.15) is 0 Å². The van der Waals surface area contributed by atoms with Gasteiger partial charge in [-0.15, -0.1) is 0 Å². The van der Waals surface area contributed by atoms with Gasteiger partial charge in [0.25, 0.3) is 5.91 Å². The molecule has 1 N–H and O–H groups in total. The highest BCUT2D eigenvalue weighted by Crippen LogP contribution is 2.38. The van der Waals surface area contributed by atoms with Crippen LogP contribution in [-0.2, 0) is 9.59 Å². The summed E-state index contributed by atoms with van der Waals surface area (Å²) in [5, 5.41) is 8.81. The number of aryl methyl sites for hydroxylation is 2. The van der Waals surface area contributed by atoms with E-state index in [1.54, 1.807) is 30.3 Å². The smallest absolute Gasteiger partial charge is 0.341 e. The number of para-hydroxylation sites is 1. The minimum Gasteiger partial charge on any atom is -0.481 e. The molecule has 7 heteroatoms. The second-order valence-electron chi connectivity index (χ2n) is 6.03. The maximum absolute atomic E-state index is 12.9. The number of thioether (sulfide) groups is 1. The summed E-state index contributed by atoms with van der Waals surface area (Å²) in [5.74, 6) is -0.868. The van der Waals surface area contributed by atoms with Gasteiger partial charge in [0, 0.05) is 5.56 Å². The van der Waals surface area contributed by atoms with Crippen LogP contribution in [0.2, 0.25) is 0 Å². The maximum Gasteiger partial charge on any atom is 0.341 e. The molecule has 3 rings (SSSR count). The highest BCUT2D eigenvalue weighted by atomic mass is 32.2. The Balaban J connectivity index is 1.92. The van der Waals surface area contributed by atoms with Crippen molar-refractivity contribution in [3.05, 3.63) is 64.1 Å². The highest BCUT2D eigenvalue weighted by Gasteiger charge is 2.34. The lowest BCUT2D eigenvalue weighted by Gasteiger charge is -2.17. The number of nitrogens with zero attached hydrogens (tertiary/aromatic N) is 1. The minimum absolute atomic E-state index is 0.204. The number of anilines is 1. The molecule has 1 aliphatic rings. The predicted octanol–water partition coefficient (Wildman–Crippen LogP) is 4.17. The third-order valence-corrected chi connectivity index (χ3v) is 5.25. The van der Waals surface area contributed by atoms with Crippen molar-refractivity contribution in [1.82, 2.24) is 0 Å². The number of aliphatic carboxylic acids is 1. The Morgan fingerprint density at radius 3 is 2.70 bits per heavy atom. The van der Waals surface area contributed by atoms with Crippen LogP contribution in [0.25, 0.3) is 6.08 Å². The standard InChI is InChI=1S/C20H17NO4S2/c1-12-7-8-15(13(2)9-12)21-19(24)17(27-20(21)26)10-14-5-3-4-6-16(14)25-11-18(22)23/h3-10H,11H2,1-2H3,(H,22,23)/b17-10-. The van der Waals surface area contributed by atoms with Crippen LogP contribution < -0.4 is 9.64 Å². The molecule has 0 aromatic heterocycles. The average molecular weight is 399 g/mol. The predicted molar refractivity (Wildman–Crippen MR) is 111 cm³/mol. The van der Waals surface area contributed by atoms with Crippen LogP contribution in [0.15, 0.2) is 47.4 Å². The quantitative estimate of drug-likeness (QED) is 0.601. The Kier molecular flexibility index (Phi) is 5.62. The summed E-state index contributed by atoms with van der Waals surface area (Å²) in [5.41, 5.74) is 3.47. The van der Waals surface area contributed by atoms with Gasteiger partial charge < -0.3 is 9.84 Å². The highest BCUT2D eigenvalue weighted by molar-refractivity contribution is 8.27. The fourth-order valence-corrected chi connectivity index (χ4v) is 4.02. The van der Waals surface area contributed by atoms with E-state index >= 15 is 0 Å². The summed E-state index contributed by atoms with van der Waals surface area (Å²) in [6.45, 7) is 3.49. The fourth-order valence-electron chi connectivity index (χ4n) is 2.74. The molecule has 1 amide bonds. The first-order chi connectivity index (χ1) is 12.9. The summed E-state index contributed by atoms with van der Waals surface area (Å²) in [6.07, 6.45) is 1.68. The van der Waals surface area contributed by atoms with Crippen molar-refractivity contribution >= 4 is 51.9 Å². The molecule has 27 heavy (non-hydrogen) atoms. The van der Waals surface area contributed by atoms with Gasteiger partial charge in [-0.1, -0.05) is 59.9 Å². The van der Waals surface area contributed by atoms with Gasteiger partial charge in [0.2, 0.25) is 0 Å². The Morgan fingerprint density at radius 2 is 2.00 bits per heavy atom. The van der Waals surface area contributed by atoms with E-state index in [1.165, 1.54) is 16.7 Å². The Bertz CT molecular complexity index is 968. The van der Waals surface area contributed by atoms with E-state index in [9.17, 15) is 9.59 Å². The number of rotatable bonds is 5. The zero-order valence-electron chi connectivity index (χ0n) is 14.8. The van der Waals surface area contributed by atoms with E-state index in [4.69, 9.17) is 22.1 Å². The molecule has 0 unspecified atom stereocenters. The number of hydrogen-bond acceptors (Lipinski definition) is 5. The van der Waals surface area contributed by atoms with Crippen molar-refractivity contribution in [2.75, 3.05) is 11.5 Å². The number of amides is 1. The number of carbonyl (C=O) groups is 2. The van der Waals surface area contributed by atoms with Crippen molar-refractivity contribution in [3.8, 4) is 5.75 Å². The summed E-state index contributed by atoms with van der Waals surface area (Å²) >= 11 is 6.64. The van der Waals surface area contributed by atoms with Gasteiger partial charge in [-0.25, -0.2) is 4.79 Å². The molecule has 2 aromatic rings. The van der Waals surface area contributed by atoms with Crippen molar-refractivity contribution in [2.45, 2.75) is 13.8 Å². The number of carboxylic acids is 1. The van der Waals surface area contributed by atoms with E-state index in [-0.39, 0.29) is 5.91 Å². The summed E-state index contributed by atoms with van der Waals surface area (Å²) < 4.78 is 5.76. The second-order valence-corrected chi connectivity index (χ2v) is 7.70. The monoisotopic (exact) mass is 399 g/mol. The summed E-state index contributed by atoms with van der Waals surface area (Å²) in [7, 11) is 0. The lowest BCUT2D eigenvalue weighted by atomic mass is 10.1. The van der Waals surface area contributed by atoms with Crippen LogP contribution in [0.5, 0.6) is 5.75 Å². The molecule has 0 atom stereocenters. The van der Waals surface area contributed by atoms with Crippen molar-refractivity contribution in [2.24, 2.45) is 0 Å². The van der Waals surface area contributed by atoms with Gasteiger partial charge in [-0.05, 0) is 37.6 Å². The van der Waals surface area contributed by atoms with Gasteiger partial charge in [0.05, 0.1) is 10.6 Å². The van der Waals surface area contributed by atoms with Gasteiger partial charge in [0.15, 0.2) is 10.9 Å². The van der Waals surface area contributed by atoms with E-state index in [2.05, 4.69) is 0 Å². The Labute approximate surface area is 166 Å². The topological polar surface area (TPSA) is 66.8 Å². The first-order valence-corrected chi connectivity index (χ1v) is 9.38. The number of hydrogen-bond donors (Lipinski definition) is 1. The molecule has 1 fully saturated rings. The third kappa shape index (κ3) is 4.20. The van der Waals surface area contributed by atoms with E-state index < -0.39 is 12.6 Å². The minimum atomic E-state index is -1.06. The number of ether oxygens (including phenoxy) is 1. The Morgan fingerprint density at radius 1 is 1.26 bits per heavy atom. The van der Waals surface area contributed by atoms with E-state index in [0.717, 1.165) is 16.8 Å². The van der Waals surface area contributed by atoms with Gasteiger partial charge >= 0.3 is 5.97 Å². The number of thiocarbonyl (C=S) groups is 1. The van der Waals surface area contributed by atoms with E-state index in [1.807, 2.05) is 32.0 Å². The molecular formula is C20H17NO4S2. The first-order valence-electron chi connectivity index (χ1n) is 8.15. The zero-order valence-corrected chi connectivity index (χ0v) is 16.4. The number of carbonyl (C=O) groups excluding carboxylic acids is 1. The molecule has 1 heterocycles. The van der Waals surface area contributed by atoms with Crippen molar-refractivity contribution in [1.29, 1.82) is 0 Å². The summed E-state index contributed by atoms with van der Waals surface area (Å²) in [6, 6.07) is 12.8. The maximum atomic E-state index is 12.9. The molecule has 0 aliphatic carbocycles. The molecule has 0 radical (unpaired) electrons. The van der Waals surface area contributed by atoms with Gasteiger partial charge in [-0.3, -0.25) is 9.69 Å². The third-order valence-electron chi connectivity index (χ3n) is 3.94. The zero-order chi connectivity index (χ0) is 19.6. The molecule has 0 bridgehead atoms. The van der Waals surface area contributed by atoms with Gasteiger partial charge in [0.1, 0.15) is 5.75 Å². The molecular weight excluding hydrogens is 382 g/mol. The van der Waals surface area contributed by atoms with E-state index in [0.29, 0.717) is 20.5 Å². The lowest BCUT2D eigenvalue weighted by molar-refractivity contribution is -0.139. The van der Waals surface area contributed by atoms with Crippen LogP contribution in [0.1, 0.15) is 16.7 Å². The summed E-state index contributed by atoms with van der Waals surface area (Å²) in [4.78, 5) is 25.7. The second kappa shape index (κ2) is 7.94. The SMILES string of the molecule is Cc1ccc(N2C(=O)/C(=C/c3ccccc3OCC(=O)O)SC2=S)c(C)c1. The normalized spacial score (nSPS) is 15.5. The first kappa shape index (κ1) is 19.1. The molecule has 2 aromatic carbocycles. The molecule has 1 saturated heterocycles. The van der Waals surface area contributed by atoms with Crippen molar-refractivity contribution < 1.29 is 19.4 Å². The molecule has 5 nitrogen and oxygen atoms in total. The largest absolute Gasteiger partial charge is 0.481 e. The lowest BCUT2D eigenvalue weighted by Crippen LogP contribution is -2.28. The van der Waals surface area contributed by atoms with Crippen LogP contribution in [0.3, 0.4) is 0 Å². The molecule has 0 spiro atoms.